The molecule has 0 saturated carbocycles. The highest BCUT2D eigenvalue weighted by Gasteiger charge is 2.28. The highest BCUT2D eigenvalue weighted by atomic mass is 32.1. The molecule has 1 aromatic heterocycles. The van der Waals surface area contributed by atoms with E-state index in [0.717, 1.165) is 0 Å². The predicted molar refractivity (Wildman–Crippen MR) is 95.8 cm³/mol. The zero-order valence-corrected chi connectivity index (χ0v) is 15.5. The fourth-order valence-corrected chi connectivity index (χ4v) is 3.40. The first kappa shape index (κ1) is 19.9. The molecular formula is C17H23N3O5S. The van der Waals surface area contributed by atoms with E-state index in [9.17, 15) is 19.2 Å². The Morgan fingerprint density at radius 1 is 1.38 bits per heavy atom. The number of carbonyl (C=O) groups is 4. The number of hydrogen-bond donors (Lipinski definition) is 2. The third-order valence-corrected chi connectivity index (χ3v) is 5.01. The summed E-state index contributed by atoms with van der Waals surface area (Å²) in [7, 11) is 1.53. The molecule has 8 nitrogen and oxygen atoms in total. The molecule has 0 aromatic carbocycles. The molecule has 0 radical (unpaired) electrons. The minimum absolute atomic E-state index is 0.0936. The standard InChI is InChI=1S/C17H23N3O5S/c1-19(10-15(22)20-7-2-3-12(9-20)17(24)25)14(21)4-6-18-16(23)13-5-8-26-11-13/h5,8,11-12H,2-4,6-7,9-10H2,1H3,(H,18,23)(H,24,25). The number of carboxylic acids is 1. The summed E-state index contributed by atoms with van der Waals surface area (Å²) in [6.45, 7) is 0.800. The molecule has 1 aliphatic rings. The van der Waals surface area contributed by atoms with Crippen molar-refractivity contribution in [2.75, 3.05) is 33.2 Å². The van der Waals surface area contributed by atoms with Crippen LogP contribution in [-0.2, 0) is 14.4 Å². The van der Waals surface area contributed by atoms with Crippen molar-refractivity contribution in [3.63, 3.8) is 0 Å². The van der Waals surface area contributed by atoms with Gasteiger partial charge in [-0.15, -0.1) is 0 Å². The Labute approximate surface area is 155 Å². The number of rotatable bonds is 7. The smallest absolute Gasteiger partial charge is 0.308 e. The number of nitrogens with zero attached hydrogens (tertiary/aromatic N) is 2. The van der Waals surface area contributed by atoms with Gasteiger partial charge < -0.3 is 20.2 Å². The van der Waals surface area contributed by atoms with Crippen LogP contribution >= 0.6 is 11.3 Å². The van der Waals surface area contributed by atoms with Crippen LogP contribution in [0.5, 0.6) is 0 Å². The Balaban J connectivity index is 1.73. The molecule has 1 fully saturated rings. The van der Waals surface area contributed by atoms with Gasteiger partial charge in [0.15, 0.2) is 0 Å². The fourth-order valence-electron chi connectivity index (χ4n) is 2.77. The van der Waals surface area contributed by atoms with Crippen molar-refractivity contribution in [2.45, 2.75) is 19.3 Å². The average molecular weight is 381 g/mol. The number of piperidine rings is 1. The highest BCUT2D eigenvalue weighted by molar-refractivity contribution is 7.08. The van der Waals surface area contributed by atoms with Crippen LogP contribution in [0.15, 0.2) is 16.8 Å². The van der Waals surface area contributed by atoms with Gasteiger partial charge in [0, 0.05) is 44.0 Å². The predicted octanol–water partition coefficient (Wildman–Crippen LogP) is 0.650. The number of amides is 3. The minimum atomic E-state index is -0.895. The lowest BCUT2D eigenvalue weighted by atomic mass is 9.98. The van der Waals surface area contributed by atoms with Crippen molar-refractivity contribution in [2.24, 2.45) is 5.92 Å². The summed E-state index contributed by atoms with van der Waals surface area (Å²) in [5.74, 6) is -2.18. The van der Waals surface area contributed by atoms with Gasteiger partial charge in [-0.05, 0) is 24.3 Å². The van der Waals surface area contributed by atoms with E-state index >= 15 is 0 Å². The van der Waals surface area contributed by atoms with Gasteiger partial charge in [-0.3, -0.25) is 19.2 Å². The Morgan fingerprint density at radius 3 is 2.81 bits per heavy atom. The molecule has 0 aliphatic carbocycles. The first-order valence-electron chi connectivity index (χ1n) is 8.43. The van der Waals surface area contributed by atoms with Crippen molar-refractivity contribution in [1.29, 1.82) is 0 Å². The molecule has 26 heavy (non-hydrogen) atoms. The second kappa shape index (κ2) is 9.33. The molecule has 0 bridgehead atoms. The summed E-state index contributed by atoms with van der Waals surface area (Å²) in [6, 6.07) is 1.70. The van der Waals surface area contributed by atoms with Gasteiger partial charge in [-0.25, -0.2) is 0 Å². The first-order chi connectivity index (χ1) is 12.4. The zero-order valence-electron chi connectivity index (χ0n) is 14.6. The van der Waals surface area contributed by atoms with E-state index in [1.165, 1.54) is 28.2 Å². The van der Waals surface area contributed by atoms with Crippen LogP contribution in [0.4, 0.5) is 0 Å². The van der Waals surface area contributed by atoms with Crippen molar-refractivity contribution in [1.82, 2.24) is 15.1 Å². The summed E-state index contributed by atoms with van der Waals surface area (Å²) in [6.07, 6.45) is 1.31. The van der Waals surface area contributed by atoms with Gasteiger partial charge in [0.25, 0.3) is 5.91 Å². The Bertz CT molecular complexity index is 661. The quantitative estimate of drug-likeness (QED) is 0.721. The van der Waals surface area contributed by atoms with E-state index in [1.807, 2.05) is 0 Å². The summed E-state index contributed by atoms with van der Waals surface area (Å²) in [4.78, 5) is 50.1. The Kier molecular flexibility index (Phi) is 7.14. The zero-order chi connectivity index (χ0) is 19.1. The minimum Gasteiger partial charge on any atom is -0.481 e. The van der Waals surface area contributed by atoms with E-state index in [-0.39, 0.29) is 43.8 Å². The van der Waals surface area contributed by atoms with E-state index in [0.29, 0.717) is 24.9 Å². The molecule has 1 aromatic rings. The molecule has 0 spiro atoms. The van der Waals surface area contributed by atoms with Crippen LogP contribution in [0.2, 0.25) is 0 Å². The van der Waals surface area contributed by atoms with Gasteiger partial charge in [0.2, 0.25) is 11.8 Å². The molecule has 142 valence electrons. The lowest BCUT2D eigenvalue weighted by Gasteiger charge is -2.32. The van der Waals surface area contributed by atoms with Gasteiger partial charge >= 0.3 is 5.97 Å². The number of aliphatic carboxylic acids is 1. The second-order valence-corrected chi connectivity index (χ2v) is 7.06. The number of carboxylic acid groups (broad SMARTS) is 1. The Morgan fingerprint density at radius 2 is 2.15 bits per heavy atom. The monoisotopic (exact) mass is 381 g/mol. The number of carbonyl (C=O) groups excluding carboxylic acids is 3. The van der Waals surface area contributed by atoms with Gasteiger partial charge in [0.1, 0.15) is 0 Å². The third-order valence-electron chi connectivity index (χ3n) is 4.33. The highest BCUT2D eigenvalue weighted by Crippen LogP contribution is 2.16. The summed E-state index contributed by atoms with van der Waals surface area (Å²) in [5.41, 5.74) is 0.559. The van der Waals surface area contributed by atoms with E-state index in [1.54, 1.807) is 16.8 Å². The van der Waals surface area contributed by atoms with Crippen LogP contribution in [0, 0.1) is 5.92 Å². The summed E-state index contributed by atoms with van der Waals surface area (Å²) >= 11 is 1.42. The normalized spacial score (nSPS) is 16.8. The maximum absolute atomic E-state index is 12.3. The number of likely N-dealkylation sites (N-methyl/N-ethyl adjacent to an activating group) is 1. The van der Waals surface area contributed by atoms with Crippen LogP contribution in [0.25, 0.3) is 0 Å². The van der Waals surface area contributed by atoms with E-state index in [2.05, 4.69) is 5.32 Å². The first-order valence-corrected chi connectivity index (χ1v) is 9.37. The molecule has 1 unspecified atom stereocenters. The maximum atomic E-state index is 12.3. The van der Waals surface area contributed by atoms with E-state index in [4.69, 9.17) is 5.11 Å². The van der Waals surface area contributed by atoms with Crippen molar-refractivity contribution >= 4 is 35.0 Å². The van der Waals surface area contributed by atoms with Gasteiger partial charge in [0.05, 0.1) is 12.5 Å². The number of thiophene rings is 1. The van der Waals surface area contributed by atoms with Crippen LogP contribution in [0.3, 0.4) is 0 Å². The van der Waals surface area contributed by atoms with Crippen LogP contribution in [0.1, 0.15) is 29.6 Å². The number of hydrogen-bond acceptors (Lipinski definition) is 5. The van der Waals surface area contributed by atoms with Crippen molar-refractivity contribution in [3.05, 3.63) is 22.4 Å². The molecular weight excluding hydrogens is 358 g/mol. The van der Waals surface area contributed by atoms with Gasteiger partial charge in [-0.1, -0.05) is 0 Å². The second-order valence-electron chi connectivity index (χ2n) is 6.28. The third kappa shape index (κ3) is 5.55. The molecule has 1 atom stereocenters. The van der Waals surface area contributed by atoms with Crippen LogP contribution in [-0.4, -0.2) is 71.8 Å². The molecule has 1 saturated heterocycles. The number of nitrogens with one attached hydrogen (secondary N) is 1. The number of likely N-dealkylation sites (tertiary alicyclic amines) is 1. The van der Waals surface area contributed by atoms with Crippen LogP contribution < -0.4 is 5.32 Å². The average Bonchev–Trinajstić information content (AvgIpc) is 3.16. The molecule has 2 heterocycles. The largest absolute Gasteiger partial charge is 0.481 e. The van der Waals surface area contributed by atoms with Crippen molar-refractivity contribution < 1.29 is 24.3 Å². The fraction of sp³-hybridized carbons (Fsp3) is 0.529. The molecule has 9 heteroatoms. The topological polar surface area (TPSA) is 107 Å². The lowest BCUT2D eigenvalue weighted by Crippen LogP contribution is -2.47. The molecule has 2 N–H and O–H groups in total. The molecule has 3 amide bonds. The maximum Gasteiger partial charge on any atom is 0.308 e. The molecule has 2 rings (SSSR count). The van der Waals surface area contributed by atoms with Crippen molar-refractivity contribution in [3.8, 4) is 0 Å². The Hall–Kier alpha value is -2.42. The lowest BCUT2D eigenvalue weighted by molar-refractivity contribution is -0.147. The van der Waals surface area contributed by atoms with E-state index < -0.39 is 11.9 Å². The molecule has 1 aliphatic heterocycles. The summed E-state index contributed by atoms with van der Waals surface area (Å²) in [5, 5.41) is 15.3. The summed E-state index contributed by atoms with van der Waals surface area (Å²) < 4.78 is 0. The van der Waals surface area contributed by atoms with Gasteiger partial charge in [-0.2, -0.15) is 11.3 Å². The SMILES string of the molecule is CN(CC(=O)N1CCCC(C(=O)O)C1)C(=O)CCNC(=O)c1ccsc1.